The minimum absolute atomic E-state index is 0. The summed E-state index contributed by atoms with van der Waals surface area (Å²) in [5.41, 5.74) is 0.492. The normalized spacial score (nSPS) is 17.5. The average molecular weight is 409 g/mol. The molecule has 1 aromatic rings. The SMILES string of the molecule is CS(=O)(=O)c1ccc([C@H](CC(F)(F)F)N2CCNCC2)cc1.Cl.Cl. The highest BCUT2D eigenvalue weighted by atomic mass is 35.5. The molecular formula is C14H21Cl2F3N2O2S. The number of hydrogen-bond acceptors (Lipinski definition) is 4. The van der Waals surface area contributed by atoms with Crippen molar-refractivity contribution in [3.05, 3.63) is 29.8 Å². The van der Waals surface area contributed by atoms with Crippen molar-refractivity contribution in [3.63, 3.8) is 0 Å². The smallest absolute Gasteiger partial charge is 0.314 e. The van der Waals surface area contributed by atoms with Crippen molar-refractivity contribution in [3.8, 4) is 0 Å². The maximum absolute atomic E-state index is 12.9. The first kappa shape index (κ1) is 23.5. The highest BCUT2D eigenvalue weighted by Crippen LogP contribution is 2.34. The van der Waals surface area contributed by atoms with Crippen LogP contribution in [0.1, 0.15) is 18.0 Å². The van der Waals surface area contributed by atoms with Gasteiger partial charge in [-0.3, -0.25) is 4.90 Å². The number of alkyl halides is 3. The Balaban J connectivity index is 0.00000264. The number of piperazine rings is 1. The Morgan fingerprint density at radius 3 is 2.04 bits per heavy atom. The molecule has 1 fully saturated rings. The Kier molecular flexibility index (Phi) is 9.03. The molecule has 1 N–H and O–H groups in total. The van der Waals surface area contributed by atoms with Crippen LogP contribution in [0.15, 0.2) is 29.2 Å². The summed E-state index contributed by atoms with van der Waals surface area (Å²) < 4.78 is 61.5. The fourth-order valence-electron chi connectivity index (χ4n) is 2.61. The summed E-state index contributed by atoms with van der Waals surface area (Å²) in [5.74, 6) is 0. The lowest BCUT2D eigenvalue weighted by molar-refractivity contribution is -0.148. The van der Waals surface area contributed by atoms with Crippen molar-refractivity contribution in [2.45, 2.75) is 23.5 Å². The fraction of sp³-hybridized carbons (Fsp3) is 0.571. The molecule has 4 nitrogen and oxygen atoms in total. The maximum Gasteiger partial charge on any atom is 0.390 e. The summed E-state index contributed by atoms with van der Waals surface area (Å²) in [6, 6.07) is 4.92. The van der Waals surface area contributed by atoms with Crippen LogP contribution in [0.3, 0.4) is 0 Å². The molecule has 0 aromatic heterocycles. The van der Waals surface area contributed by atoms with Crippen molar-refractivity contribution in [2.24, 2.45) is 0 Å². The van der Waals surface area contributed by atoms with Gasteiger partial charge in [0.05, 0.1) is 11.3 Å². The van der Waals surface area contributed by atoms with Crippen LogP contribution in [-0.4, -0.2) is 51.9 Å². The van der Waals surface area contributed by atoms with Crippen molar-refractivity contribution < 1.29 is 21.6 Å². The minimum Gasteiger partial charge on any atom is -0.314 e. The van der Waals surface area contributed by atoms with Crippen LogP contribution in [0.25, 0.3) is 0 Å². The maximum atomic E-state index is 12.9. The number of nitrogens with one attached hydrogen (secondary N) is 1. The number of rotatable bonds is 4. The van der Waals surface area contributed by atoms with Crippen molar-refractivity contribution in [1.29, 1.82) is 0 Å². The molecule has 1 aliphatic heterocycles. The minimum atomic E-state index is -4.27. The zero-order valence-electron chi connectivity index (χ0n) is 13.0. The highest BCUT2D eigenvalue weighted by molar-refractivity contribution is 7.90. The van der Waals surface area contributed by atoms with Gasteiger partial charge in [-0.15, -0.1) is 24.8 Å². The molecule has 2 rings (SSSR count). The molecule has 0 unspecified atom stereocenters. The van der Waals surface area contributed by atoms with Gasteiger partial charge in [-0.2, -0.15) is 13.2 Å². The second-order valence-corrected chi connectivity index (χ2v) is 7.48. The third kappa shape index (κ3) is 6.76. The predicted octanol–water partition coefficient (Wildman–Crippen LogP) is 2.83. The summed E-state index contributed by atoms with van der Waals surface area (Å²) in [4.78, 5) is 1.90. The number of benzene rings is 1. The summed E-state index contributed by atoms with van der Waals surface area (Å²) in [5, 5.41) is 3.11. The zero-order valence-corrected chi connectivity index (χ0v) is 15.5. The van der Waals surface area contributed by atoms with Gasteiger partial charge >= 0.3 is 6.18 Å². The van der Waals surface area contributed by atoms with E-state index in [1.54, 1.807) is 4.90 Å². The van der Waals surface area contributed by atoms with E-state index in [4.69, 9.17) is 0 Å². The Bertz CT molecular complexity index is 603. The first-order valence-electron chi connectivity index (χ1n) is 6.98. The molecule has 10 heteroatoms. The van der Waals surface area contributed by atoms with Crippen LogP contribution >= 0.6 is 24.8 Å². The monoisotopic (exact) mass is 408 g/mol. The van der Waals surface area contributed by atoms with Crippen LogP contribution in [0.5, 0.6) is 0 Å². The van der Waals surface area contributed by atoms with E-state index < -0.39 is 28.5 Å². The molecule has 0 saturated carbocycles. The first-order chi connectivity index (χ1) is 10.2. The second-order valence-electron chi connectivity index (χ2n) is 5.46. The van der Waals surface area contributed by atoms with Crippen LogP contribution in [-0.2, 0) is 9.84 Å². The highest BCUT2D eigenvalue weighted by Gasteiger charge is 2.35. The Morgan fingerprint density at radius 2 is 1.62 bits per heavy atom. The summed E-state index contributed by atoms with van der Waals surface area (Å²) in [6.07, 6.45) is -4.14. The van der Waals surface area contributed by atoms with Gasteiger partial charge in [0.25, 0.3) is 0 Å². The largest absolute Gasteiger partial charge is 0.390 e. The van der Waals surface area contributed by atoms with Crippen LogP contribution in [0, 0.1) is 0 Å². The second kappa shape index (κ2) is 9.24. The average Bonchev–Trinajstić information content (AvgIpc) is 2.44. The standard InChI is InChI=1S/C14H19F3N2O2S.2ClH/c1-22(20,21)12-4-2-11(3-5-12)13(10-14(15,16)17)19-8-6-18-7-9-19;;/h2-5,13,18H,6-10H2,1H3;2*1H/t13-;;/m0../s1. The van der Waals surface area contributed by atoms with E-state index in [-0.39, 0.29) is 29.7 Å². The molecule has 1 saturated heterocycles. The lowest BCUT2D eigenvalue weighted by atomic mass is 10.0. The van der Waals surface area contributed by atoms with Gasteiger partial charge in [0.1, 0.15) is 0 Å². The third-order valence-corrected chi connectivity index (χ3v) is 4.84. The molecule has 0 spiro atoms. The molecule has 1 heterocycles. The molecule has 0 aliphatic carbocycles. The third-order valence-electron chi connectivity index (χ3n) is 3.71. The van der Waals surface area contributed by atoms with Gasteiger partial charge in [-0.1, -0.05) is 12.1 Å². The number of hydrogen-bond donors (Lipinski definition) is 1. The first-order valence-corrected chi connectivity index (χ1v) is 8.87. The van der Waals surface area contributed by atoms with E-state index in [0.29, 0.717) is 31.7 Å². The quantitative estimate of drug-likeness (QED) is 0.831. The van der Waals surface area contributed by atoms with Crippen LogP contribution < -0.4 is 5.32 Å². The van der Waals surface area contributed by atoms with Gasteiger partial charge in [-0.25, -0.2) is 8.42 Å². The molecule has 24 heavy (non-hydrogen) atoms. The van der Waals surface area contributed by atoms with Gasteiger partial charge in [-0.05, 0) is 17.7 Å². The van der Waals surface area contributed by atoms with E-state index >= 15 is 0 Å². The lowest BCUT2D eigenvalue weighted by Gasteiger charge is -2.35. The number of sulfone groups is 1. The van der Waals surface area contributed by atoms with Gasteiger partial charge in [0.2, 0.25) is 0 Å². The zero-order chi connectivity index (χ0) is 16.4. The van der Waals surface area contributed by atoms with E-state index in [1.165, 1.54) is 24.3 Å². The van der Waals surface area contributed by atoms with Crippen LogP contribution in [0.2, 0.25) is 0 Å². The van der Waals surface area contributed by atoms with E-state index in [2.05, 4.69) is 5.32 Å². The molecule has 0 radical (unpaired) electrons. The molecule has 1 atom stereocenters. The lowest BCUT2D eigenvalue weighted by Crippen LogP contribution is -2.46. The van der Waals surface area contributed by atoms with Crippen molar-refractivity contribution in [1.82, 2.24) is 10.2 Å². The van der Waals surface area contributed by atoms with Gasteiger partial charge in [0.15, 0.2) is 9.84 Å². The van der Waals surface area contributed by atoms with Crippen LogP contribution in [0.4, 0.5) is 13.2 Å². The molecule has 1 aliphatic rings. The van der Waals surface area contributed by atoms with E-state index in [9.17, 15) is 21.6 Å². The number of nitrogens with zero attached hydrogens (tertiary/aromatic N) is 1. The number of halogens is 5. The summed E-state index contributed by atoms with van der Waals surface area (Å²) in [7, 11) is -3.35. The summed E-state index contributed by atoms with van der Waals surface area (Å²) >= 11 is 0. The van der Waals surface area contributed by atoms with Gasteiger partial charge in [0, 0.05) is 38.5 Å². The van der Waals surface area contributed by atoms with Crippen molar-refractivity contribution in [2.75, 3.05) is 32.4 Å². The van der Waals surface area contributed by atoms with Crippen molar-refractivity contribution >= 4 is 34.7 Å². The molecule has 0 bridgehead atoms. The van der Waals surface area contributed by atoms with E-state index in [1.807, 2.05) is 0 Å². The summed E-state index contributed by atoms with van der Waals surface area (Å²) in [6.45, 7) is 2.37. The Morgan fingerprint density at radius 1 is 1.12 bits per heavy atom. The van der Waals surface area contributed by atoms with E-state index in [0.717, 1.165) is 6.26 Å². The molecule has 1 aromatic carbocycles. The molecule has 0 amide bonds. The van der Waals surface area contributed by atoms with Gasteiger partial charge < -0.3 is 5.32 Å². The topological polar surface area (TPSA) is 49.4 Å². The molecular weight excluding hydrogens is 388 g/mol. The predicted molar refractivity (Wildman–Crippen MR) is 91.9 cm³/mol. The fourth-order valence-corrected chi connectivity index (χ4v) is 3.24. The molecule has 140 valence electrons. The Labute approximate surface area is 152 Å². The Hall–Kier alpha value is -0.540.